The van der Waals surface area contributed by atoms with E-state index >= 15 is 0 Å². The van der Waals surface area contributed by atoms with Crippen molar-refractivity contribution in [2.45, 2.75) is 44.8 Å². The van der Waals surface area contributed by atoms with Gasteiger partial charge in [0.1, 0.15) is 11.7 Å². The highest BCUT2D eigenvalue weighted by molar-refractivity contribution is 5.81. The molecule has 1 aliphatic heterocycles. The van der Waals surface area contributed by atoms with Crippen molar-refractivity contribution in [3.05, 3.63) is 12.7 Å². The third-order valence-corrected chi connectivity index (χ3v) is 5.09. The summed E-state index contributed by atoms with van der Waals surface area (Å²) in [5.74, 6) is 0.622. The molecule has 1 heterocycles. The molecule has 4 heteroatoms. The zero-order chi connectivity index (χ0) is 13.8. The molecule has 104 valence electrons. The van der Waals surface area contributed by atoms with Crippen molar-refractivity contribution in [2.75, 3.05) is 0 Å². The van der Waals surface area contributed by atoms with Crippen LogP contribution < -0.4 is 0 Å². The molecule has 3 rings (SSSR count). The van der Waals surface area contributed by atoms with Gasteiger partial charge in [-0.15, -0.1) is 0 Å². The Hall–Kier alpha value is -1.32. The first-order valence-electron chi connectivity index (χ1n) is 6.99. The molecule has 0 radical (unpaired) electrons. The van der Waals surface area contributed by atoms with Crippen LogP contribution in [0.5, 0.6) is 0 Å². The minimum Gasteiger partial charge on any atom is -0.462 e. The average molecular weight is 264 g/mol. The van der Waals surface area contributed by atoms with Crippen LogP contribution in [0.15, 0.2) is 12.7 Å². The molecule has 4 nitrogen and oxygen atoms in total. The van der Waals surface area contributed by atoms with Gasteiger partial charge in [0.2, 0.25) is 0 Å². The predicted octanol–water partition coefficient (Wildman–Crippen LogP) is 2.08. The fourth-order valence-electron chi connectivity index (χ4n) is 4.66. The smallest absolute Gasteiger partial charge is 0.330 e. The zero-order valence-corrected chi connectivity index (χ0v) is 11.4. The van der Waals surface area contributed by atoms with Crippen LogP contribution in [-0.2, 0) is 19.1 Å². The number of esters is 2. The predicted molar refractivity (Wildman–Crippen MR) is 68.1 cm³/mol. The summed E-state index contributed by atoms with van der Waals surface area (Å²) in [4.78, 5) is 23.4. The highest BCUT2D eigenvalue weighted by Gasteiger charge is 2.60. The number of hydrogen-bond donors (Lipinski definition) is 0. The quantitative estimate of drug-likeness (QED) is 0.566. The summed E-state index contributed by atoms with van der Waals surface area (Å²) in [6.45, 7) is 7.40. The molecule has 3 fully saturated rings. The van der Waals surface area contributed by atoms with E-state index in [1.54, 1.807) is 0 Å². The van der Waals surface area contributed by atoms with Gasteiger partial charge < -0.3 is 9.47 Å². The Labute approximate surface area is 113 Å². The second-order valence-corrected chi connectivity index (χ2v) is 6.48. The summed E-state index contributed by atoms with van der Waals surface area (Å²) in [6, 6.07) is 0. The molecule has 0 N–H and O–H groups in total. The fourth-order valence-corrected chi connectivity index (χ4v) is 4.66. The van der Waals surface area contributed by atoms with Crippen molar-refractivity contribution >= 4 is 11.9 Å². The Morgan fingerprint density at radius 2 is 2.16 bits per heavy atom. The van der Waals surface area contributed by atoms with E-state index in [4.69, 9.17) is 9.47 Å². The van der Waals surface area contributed by atoms with Crippen molar-refractivity contribution < 1.29 is 19.1 Å². The number of ether oxygens (including phenoxy) is 2. The first-order valence-corrected chi connectivity index (χ1v) is 6.99. The summed E-state index contributed by atoms with van der Waals surface area (Å²) in [5, 5.41) is 0. The molecule has 2 saturated carbocycles. The number of rotatable bonds is 2. The maximum atomic E-state index is 12.0. The monoisotopic (exact) mass is 264 g/mol. The molecule has 6 unspecified atom stereocenters. The lowest BCUT2D eigenvalue weighted by Gasteiger charge is -2.38. The van der Waals surface area contributed by atoms with Gasteiger partial charge in [-0.1, -0.05) is 6.58 Å². The molecule has 6 atom stereocenters. The van der Waals surface area contributed by atoms with Crippen LogP contribution in [0.3, 0.4) is 0 Å². The van der Waals surface area contributed by atoms with Gasteiger partial charge in [-0.25, -0.2) is 4.79 Å². The fraction of sp³-hybridized carbons (Fsp3) is 0.733. The number of hydrogen-bond acceptors (Lipinski definition) is 4. The lowest BCUT2D eigenvalue weighted by atomic mass is 9.76. The topological polar surface area (TPSA) is 52.6 Å². The molecule has 0 aromatic carbocycles. The molecular weight excluding hydrogens is 244 g/mol. The number of cyclic esters (lactones) is 1. The lowest BCUT2D eigenvalue weighted by Crippen LogP contribution is -2.39. The van der Waals surface area contributed by atoms with Gasteiger partial charge in [-0.2, -0.15) is 0 Å². The van der Waals surface area contributed by atoms with Crippen LogP contribution in [0.25, 0.3) is 0 Å². The maximum Gasteiger partial charge on any atom is 0.330 e. The van der Waals surface area contributed by atoms with Crippen molar-refractivity contribution in [1.29, 1.82) is 0 Å². The third-order valence-electron chi connectivity index (χ3n) is 5.09. The van der Waals surface area contributed by atoms with E-state index < -0.39 is 5.60 Å². The summed E-state index contributed by atoms with van der Waals surface area (Å²) in [7, 11) is 0. The van der Waals surface area contributed by atoms with Crippen LogP contribution >= 0.6 is 0 Å². The first kappa shape index (κ1) is 12.7. The summed E-state index contributed by atoms with van der Waals surface area (Å²) < 4.78 is 10.9. The Balaban J connectivity index is 1.82. The zero-order valence-electron chi connectivity index (χ0n) is 11.4. The first-order chi connectivity index (χ1) is 8.93. The molecule has 0 aromatic heterocycles. The molecule has 1 saturated heterocycles. The molecule has 3 aliphatic rings. The van der Waals surface area contributed by atoms with Gasteiger partial charge >= 0.3 is 11.9 Å². The van der Waals surface area contributed by atoms with Crippen molar-refractivity contribution in [3.63, 3.8) is 0 Å². The van der Waals surface area contributed by atoms with E-state index in [1.165, 1.54) is 6.08 Å². The molecule has 0 aromatic rings. The summed E-state index contributed by atoms with van der Waals surface area (Å²) in [6.07, 6.45) is 3.86. The van der Waals surface area contributed by atoms with Gasteiger partial charge in [0.25, 0.3) is 0 Å². The van der Waals surface area contributed by atoms with Crippen molar-refractivity contribution in [2.24, 2.45) is 23.7 Å². The minimum atomic E-state index is -0.455. The second-order valence-electron chi connectivity index (χ2n) is 6.48. The van der Waals surface area contributed by atoms with Gasteiger partial charge in [0, 0.05) is 12.0 Å². The normalized spacial score (nSPS) is 47.5. The Bertz CT molecular complexity index is 443. The number of carbonyl (C=O) groups excluding carboxylic acids is 2. The second kappa shape index (κ2) is 4.09. The lowest BCUT2D eigenvalue weighted by molar-refractivity contribution is -0.159. The Morgan fingerprint density at radius 1 is 1.47 bits per heavy atom. The number of carbonyl (C=O) groups is 2. The standard InChI is InChI=1S/C15H20O4/c1-4-11(16)19-15(3)6-9-5-10(7-15)13-12(9)8(2)18-14(13)17/h4,8-10,12-13H,1,5-7H2,2-3H3. The van der Waals surface area contributed by atoms with Crippen molar-refractivity contribution in [3.8, 4) is 0 Å². The molecule has 0 amide bonds. The van der Waals surface area contributed by atoms with Gasteiger partial charge in [-0.05, 0) is 44.9 Å². The largest absolute Gasteiger partial charge is 0.462 e. The van der Waals surface area contributed by atoms with E-state index in [0.29, 0.717) is 17.8 Å². The van der Waals surface area contributed by atoms with E-state index in [-0.39, 0.29) is 24.0 Å². The summed E-state index contributed by atoms with van der Waals surface area (Å²) >= 11 is 0. The van der Waals surface area contributed by atoms with Crippen LogP contribution in [0, 0.1) is 23.7 Å². The van der Waals surface area contributed by atoms with Crippen LogP contribution in [0.1, 0.15) is 33.1 Å². The molecular formula is C15H20O4. The Morgan fingerprint density at radius 3 is 2.84 bits per heavy atom. The van der Waals surface area contributed by atoms with E-state index in [1.807, 2.05) is 13.8 Å². The third kappa shape index (κ3) is 1.88. The highest BCUT2D eigenvalue weighted by Crippen LogP contribution is 2.58. The van der Waals surface area contributed by atoms with Crippen LogP contribution in [0.4, 0.5) is 0 Å². The molecule has 2 aliphatic carbocycles. The SMILES string of the molecule is C=CC(=O)OC1(C)CC2CC(C1)C1C(C)OC(=O)C21. The van der Waals surface area contributed by atoms with Crippen LogP contribution in [0.2, 0.25) is 0 Å². The average Bonchev–Trinajstić information content (AvgIpc) is 2.76. The van der Waals surface area contributed by atoms with Gasteiger partial charge in [0.15, 0.2) is 0 Å². The summed E-state index contributed by atoms with van der Waals surface area (Å²) in [5.41, 5.74) is -0.455. The van der Waals surface area contributed by atoms with E-state index in [0.717, 1.165) is 19.3 Å². The minimum absolute atomic E-state index is 0.00459. The van der Waals surface area contributed by atoms with Gasteiger partial charge in [-0.3, -0.25) is 4.79 Å². The van der Waals surface area contributed by atoms with Crippen molar-refractivity contribution in [1.82, 2.24) is 0 Å². The maximum absolute atomic E-state index is 12.0. The highest BCUT2D eigenvalue weighted by atomic mass is 16.6. The molecule has 2 bridgehead atoms. The van der Waals surface area contributed by atoms with E-state index in [9.17, 15) is 9.59 Å². The van der Waals surface area contributed by atoms with Crippen LogP contribution in [-0.4, -0.2) is 23.6 Å². The number of fused-ring (bicyclic) bond motifs is 5. The van der Waals surface area contributed by atoms with Gasteiger partial charge in [0.05, 0.1) is 5.92 Å². The Kier molecular flexibility index (Phi) is 2.73. The molecule has 0 spiro atoms. The van der Waals surface area contributed by atoms with E-state index in [2.05, 4.69) is 6.58 Å². The molecule has 19 heavy (non-hydrogen) atoms.